The van der Waals surface area contributed by atoms with Gasteiger partial charge in [0.25, 0.3) is 5.56 Å². The summed E-state index contributed by atoms with van der Waals surface area (Å²) in [5.41, 5.74) is 2.68. The molecule has 4 rings (SSSR count). The van der Waals surface area contributed by atoms with Gasteiger partial charge in [0, 0.05) is 0 Å². The van der Waals surface area contributed by atoms with Crippen LogP contribution in [0.3, 0.4) is 0 Å². The summed E-state index contributed by atoms with van der Waals surface area (Å²) in [5, 5.41) is 10.7. The van der Waals surface area contributed by atoms with Crippen LogP contribution in [0.5, 0.6) is 0 Å². The fourth-order valence-electron chi connectivity index (χ4n) is 2.98. The Balaban J connectivity index is 1.73. The maximum atomic E-state index is 12.9. The highest BCUT2D eigenvalue weighted by atomic mass is 35.5. The molecule has 0 aliphatic carbocycles. The molecule has 0 aliphatic heterocycles. The minimum atomic E-state index is -0.395. The van der Waals surface area contributed by atoms with Crippen molar-refractivity contribution in [3.8, 4) is 5.69 Å². The molecule has 1 heterocycles. The van der Waals surface area contributed by atoms with E-state index in [2.05, 4.69) is 10.2 Å². The topological polar surface area (TPSA) is 50.5 Å². The van der Waals surface area contributed by atoms with E-state index in [1.807, 2.05) is 78.9 Å². The van der Waals surface area contributed by atoms with Crippen LogP contribution in [-0.2, 0) is 6.54 Å². The highest BCUT2D eigenvalue weighted by molar-refractivity contribution is 6.33. The molecule has 0 atom stereocenters. The summed E-state index contributed by atoms with van der Waals surface area (Å²) in [5.74, 6) is 0. The van der Waals surface area contributed by atoms with E-state index in [9.17, 15) is 4.79 Å². The fraction of sp³-hybridized carbons (Fsp3) is 0.0417. The molecule has 0 fully saturated rings. The van der Waals surface area contributed by atoms with E-state index in [4.69, 9.17) is 11.6 Å². The van der Waals surface area contributed by atoms with Crippen molar-refractivity contribution >= 4 is 23.5 Å². The lowest BCUT2D eigenvalue weighted by atomic mass is 10.2. The number of hydrazone groups is 1. The third-order valence-electron chi connectivity index (χ3n) is 4.50. The number of rotatable bonds is 6. The van der Waals surface area contributed by atoms with E-state index < -0.39 is 5.56 Å². The molecule has 0 bridgehead atoms. The van der Waals surface area contributed by atoms with Gasteiger partial charge >= 0.3 is 0 Å². The SMILES string of the molecule is O=c1c(Cl)c(N(Cc2ccccc2)/N=C/c2ccccc2)cnn1-c1ccccc1. The van der Waals surface area contributed by atoms with Crippen molar-refractivity contribution in [3.63, 3.8) is 0 Å². The second kappa shape index (κ2) is 9.20. The fourth-order valence-corrected chi connectivity index (χ4v) is 3.20. The van der Waals surface area contributed by atoms with Crippen molar-refractivity contribution in [2.24, 2.45) is 5.10 Å². The molecule has 0 N–H and O–H groups in total. The van der Waals surface area contributed by atoms with Crippen molar-refractivity contribution in [3.05, 3.63) is 124 Å². The molecule has 30 heavy (non-hydrogen) atoms. The maximum absolute atomic E-state index is 12.9. The van der Waals surface area contributed by atoms with Gasteiger partial charge in [0.1, 0.15) is 10.7 Å². The number of aromatic nitrogens is 2. The normalized spacial score (nSPS) is 11.0. The van der Waals surface area contributed by atoms with Crippen LogP contribution < -0.4 is 10.6 Å². The zero-order valence-electron chi connectivity index (χ0n) is 16.1. The number of nitrogens with zero attached hydrogens (tertiary/aromatic N) is 4. The Morgan fingerprint density at radius 1 is 0.900 bits per heavy atom. The van der Waals surface area contributed by atoms with Gasteiger partial charge in [0.2, 0.25) is 0 Å². The molecule has 3 aromatic carbocycles. The maximum Gasteiger partial charge on any atom is 0.292 e. The molecule has 0 unspecified atom stereocenters. The quantitative estimate of drug-likeness (QED) is 0.332. The van der Waals surface area contributed by atoms with Gasteiger partial charge in [-0.2, -0.15) is 14.9 Å². The van der Waals surface area contributed by atoms with E-state index in [0.717, 1.165) is 11.1 Å². The standard InChI is InChI=1S/C24H19ClN4O/c25-23-22(17-27-29(24(23)30)21-14-8-3-9-15-21)28(18-20-12-6-2-7-13-20)26-16-19-10-4-1-5-11-19/h1-17H,18H2/b26-16+. The van der Waals surface area contributed by atoms with Gasteiger partial charge in [0.05, 0.1) is 24.6 Å². The summed E-state index contributed by atoms with van der Waals surface area (Å²) in [6.45, 7) is 0.445. The van der Waals surface area contributed by atoms with Crippen molar-refractivity contribution in [2.45, 2.75) is 6.54 Å². The van der Waals surface area contributed by atoms with E-state index in [-0.39, 0.29) is 5.02 Å². The molecule has 0 saturated heterocycles. The lowest BCUT2D eigenvalue weighted by molar-refractivity contribution is 0.783. The number of hydrogen-bond acceptors (Lipinski definition) is 4. The Morgan fingerprint density at radius 3 is 2.17 bits per heavy atom. The van der Waals surface area contributed by atoms with Crippen LogP contribution in [0.15, 0.2) is 107 Å². The number of benzene rings is 3. The molecule has 4 aromatic rings. The number of anilines is 1. The summed E-state index contributed by atoms with van der Waals surface area (Å²) < 4.78 is 1.29. The Morgan fingerprint density at radius 2 is 1.50 bits per heavy atom. The molecule has 0 aliphatic rings. The minimum Gasteiger partial charge on any atom is -0.266 e. The van der Waals surface area contributed by atoms with Crippen molar-refractivity contribution < 1.29 is 0 Å². The second-order valence-electron chi connectivity index (χ2n) is 6.59. The zero-order valence-corrected chi connectivity index (χ0v) is 16.9. The lowest BCUT2D eigenvalue weighted by Crippen LogP contribution is -2.26. The van der Waals surface area contributed by atoms with Gasteiger partial charge in [-0.15, -0.1) is 0 Å². The van der Waals surface area contributed by atoms with Crippen molar-refractivity contribution in [2.75, 3.05) is 5.01 Å². The highest BCUT2D eigenvalue weighted by Gasteiger charge is 2.16. The van der Waals surface area contributed by atoms with E-state index >= 15 is 0 Å². The molecule has 0 radical (unpaired) electrons. The largest absolute Gasteiger partial charge is 0.292 e. The van der Waals surface area contributed by atoms with E-state index in [1.54, 1.807) is 29.6 Å². The smallest absolute Gasteiger partial charge is 0.266 e. The molecule has 6 heteroatoms. The van der Waals surface area contributed by atoms with Gasteiger partial charge in [0.15, 0.2) is 0 Å². The van der Waals surface area contributed by atoms with E-state index in [0.29, 0.717) is 17.9 Å². The van der Waals surface area contributed by atoms with Gasteiger partial charge in [-0.25, -0.2) is 0 Å². The Labute approximate surface area is 179 Å². The Bertz CT molecular complexity index is 1190. The highest BCUT2D eigenvalue weighted by Crippen LogP contribution is 2.24. The number of hydrogen-bond donors (Lipinski definition) is 0. The van der Waals surface area contributed by atoms with Gasteiger partial charge in [-0.3, -0.25) is 9.80 Å². The number of halogens is 1. The summed E-state index contributed by atoms with van der Waals surface area (Å²) in [6.07, 6.45) is 3.31. The van der Waals surface area contributed by atoms with Crippen LogP contribution in [0.2, 0.25) is 5.02 Å². The van der Waals surface area contributed by atoms with Crippen molar-refractivity contribution in [1.29, 1.82) is 0 Å². The Hall–Kier alpha value is -3.70. The number of para-hydroxylation sites is 1. The third-order valence-corrected chi connectivity index (χ3v) is 4.86. The first kappa shape index (κ1) is 19.6. The molecular weight excluding hydrogens is 396 g/mol. The molecule has 0 saturated carbocycles. The molecule has 0 spiro atoms. The predicted molar refractivity (Wildman–Crippen MR) is 122 cm³/mol. The average molecular weight is 415 g/mol. The first-order valence-electron chi connectivity index (χ1n) is 9.46. The summed E-state index contributed by atoms with van der Waals surface area (Å²) in [6, 6.07) is 28.8. The molecule has 5 nitrogen and oxygen atoms in total. The average Bonchev–Trinajstić information content (AvgIpc) is 2.80. The van der Waals surface area contributed by atoms with Crippen molar-refractivity contribution in [1.82, 2.24) is 9.78 Å². The van der Waals surface area contributed by atoms with Crippen LogP contribution in [-0.4, -0.2) is 16.0 Å². The van der Waals surface area contributed by atoms with Crippen LogP contribution in [0, 0.1) is 0 Å². The third kappa shape index (κ3) is 4.47. The first-order chi connectivity index (χ1) is 14.7. The molecule has 0 amide bonds. The first-order valence-corrected chi connectivity index (χ1v) is 9.84. The minimum absolute atomic E-state index is 0.0648. The summed E-state index contributed by atoms with van der Waals surface area (Å²) >= 11 is 6.50. The second-order valence-corrected chi connectivity index (χ2v) is 6.97. The predicted octanol–water partition coefficient (Wildman–Crippen LogP) is 4.93. The molecule has 148 valence electrons. The summed E-state index contributed by atoms with van der Waals surface area (Å²) in [7, 11) is 0. The Kier molecular flexibility index (Phi) is 6.01. The zero-order chi connectivity index (χ0) is 20.8. The lowest BCUT2D eigenvalue weighted by Gasteiger charge is -2.20. The van der Waals surface area contributed by atoms with Crippen LogP contribution in [0.25, 0.3) is 5.69 Å². The molecular formula is C24H19ClN4O. The van der Waals surface area contributed by atoms with E-state index in [1.165, 1.54) is 4.68 Å². The monoisotopic (exact) mass is 414 g/mol. The summed E-state index contributed by atoms with van der Waals surface area (Å²) in [4.78, 5) is 12.9. The molecule has 1 aromatic heterocycles. The van der Waals surface area contributed by atoms with Crippen LogP contribution in [0.4, 0.5) is 5.69 Å². The van der Waals surface area contributed by atoms with Gasteiger partial charge in [-0.1, -0.05) is 90.5 Å². The van der Waals surface area contributed by atoms with Gasteiger partial charge in [-0.05, 0) is 23.3 Å². The van der Waals surface area contributed by atoms with Gasteiger partial charge < -0.3 is 0 Å². The van der Waals surface area contributed by atoms with Crippen LogP contribution in [0.1, 0.15) is 11.1 Å². The van der Waals surface area contributed by atoms with Crippen LogP contribution >= 0.6 is 11.6 Å².